The van der Waals surface area contributed by atoms with Crippen molar-refractivity contribution in [3.63, 3.8) is 0 Å². The van der Waals surface area contributed by atoms with E-state index in [-0.39, 0.29) is 11.5 Å². The van der Waals surface area contributed by atoms with Crippen LogP contribution in [0.2, 0.25) is 0 Å². The molecule has 12 heavy (non-hydrogen) atoms. The maximum Gasteiger partial charge on any atom is 0.104 e. The largest absolute Gasteiger partial charge is 0.469 e. The van der Waals surface area contributed by atoms with E-state index in [0.29, 0.717) is 0 Å². The van der Waals surface area contributed by atoms with E-state index in [1.165, 1.54) is 5.56 Å². The number of aliphatic hydroxyl groups is 1. The SMILES string of the molecule is Cc1occc1C1(C(C)O)CC1. The summed E-state index contributed by atoms with van der Waals surface area (Å²) in [6.45, 7) is 3.82. The van der Waals surface area contributed by atoms with Gasteiger partial charge in [0.1, 0.15) is 5.76 Å². The number of hydrogen-bond acceptors (Lipinski definition) is 2. The summed E-state index contributed by atoms with van der Waals surface area (Å²) < 4.78 is 5.23. The molecule has 1 aromatic heterocycles. The van der Waals surface area contributed by atoms with Crippen molar-refractivity contribution in [2.24, 2.45) is 0 Å². The van der Waals surface area contributed by atoms with Crippen LogP contribution in [-0.2, 0) is 5.41 Å². The Kier molecular flexibility index (Phi) is 1.55. The Balaban J connectivity index is 2.36. The average molecular weight is 166 g/mol. The zero-order valence-electron chi connectivity index (χ0n) is 7.50. The standard InChI is InChI=1S/C10H14O2/c1-7-9(3-6-12-7)10(4-5-10)8(2)11/h3,6,8,11H,4-5H2,1-2H3. The highest BCUT2D eigenvalue weighted by Gasteiger charge is 2.49. The van der Waals surface area contributed by atoms with Crippen LogP contribution in [0.1, 0.15) is 31.1 Å². The molecule has 1 heterocycles. The molecular weight excluding hydrogens is 152 g/mol. The molecular formula is C10H14O2. The first-order valence-corrected chi connectivity index (χ1v) is 4.39. The first kappa shape index (κ1) is 7.87. The molecule has 0 bridgehead atoms. The van der Waals surface area contributed by atoms with Crippen LogP contribution in [-0.4, -0.2) is 11.2 Å². The molecule has 1 aromatic rings. The van der Waals surface area contributed by atoms with Crippen LogP contribution in [0, 0.1) is 6.92 Å². The lowest BCUT2D eigenvalue weighted by molar-refractivity contribution is 0.150. The molecule has 0 aliphatic heterocycles. The second-order valence-electron chi connectivity index (χ2n) is 3.72. The van der Waals surface area contributed by atoms with Crippen LogP contribution in [0.5, 0.6) is 0 Å². The summed E-state index contributed by atoms with van der Waals surface area (Å²) in [5.74, 6) is 0.952. The van der Waals surface area contributed by atoms with Crippen LogP contribution in [0.25, 0.3) is 0 Å². The zero-order valence-corrected chi connectivity index (χ0v) is 7.50. The van der Waals surface area contributed by atoms with Gasteiger partial charge in [0.15, 0.2) is 0 Å². The summed E-state index contributed by atoms with van der Waals surface area (Å²) in [7, 11) is 0. The van der Waals surface area contributed by atoms with E-state index in [2.05, 4.69) is 0 Å². The van der Waals surface area contributed by atoms with Crippen molar-refractivity contribution in [1.29, 1.82) is 0 Å². The van der Waals surface area contributed by atoms with Crippen LogP contribution >= 0.6 is 0 Å². The van der Waals surface area contributed by atoms with Crippen molar-refractivity contribution in [3.05, 3.63) is 23.7 Å². The Morgan fingerprint density at radius 2 is 2.25 bits per heavy atom. The lowest BCUT2D eigenvalue weighted by atomic mass is 9.91. The van der Waals surface area contributed by atoms with Gasteiger partial charge in [0.2, 0.25) is 0 Å². The van der Waals surface area contributed by atoms with E-state index in [1.807, 2.05) is 19.9 Å². The highest BCUT2D eigenvalue weighted by molar-refractivity contribution is 5.34. The number of rotatable bonds is 2. The third-order valence-electron chi connectivity index (χ3n) is 2.98. The van der Waals surface area contributed by atoms with Crippen LogP contribution in [0.4, 0.5) is 0 Å². The van der Waals surface area contributed by atoms with Gasteiger partial charge < -0.3 is 9.52 Å². The van der Waals surface area contributed by atoms with E-state index in [0.717, 1.165) is 18.6 Å². The average Bonchev–Trinajstić information content (AvgIpc) is 2.71. The second kappa shape index (κ2) is 2.36. The minimum absolute atomic E-state index is 0.0249. The molecule has 0 amide bonds. The smallest absolute Gasteiger partial charge is 0.104 e. The van der Waals surface area contributed by atoms with Crippen molar-refractivity contribution in [3.8, 4) is 0 Å². The highest BCUT2D eigenvalue weighted by Crippen LogP contribution is 2.52. The number of hydrogen-bond donors (Lipinski definition) is 1. The van der Waals surface area contributed by atoms with Crippen molar-refractivity contribution in [1.82, 2.24) is 0 Å². The summed E-state index contributed by atoms with van der Waals surface area (Å²) in [5, 5.41) is 9.60. The molecule has 1 atom stereocenters. The number of furan rings is 1. The van der Waals surface area contributed by atoms with E-state index in [9.17, 15) is 5.11 Å². The van der Waals surface area contributed by atoms with Gasteiger partial charge in [0.05, 0.1) is 12.4 Å². The molecule has 1 aliphatic carbocycles. The van der Waals surface area contributed by atoms with Gasteiger partial charge in [0, 0.05) is 11.0 Å². The lowest BCUT2D eigenvalue weighted by Gasteiger charge is -2.17. The molecule has 2 rings (SSSR count). The summed E-state index contributed by atoms with van der Waals surface area (Å²) in [6, 6.07) is 1.98. The van der Waals surface area contributed by atoms with E-state index < -0.39 is 0 Å². The fourth-order valence-electron chi connectivity index (χ4n) is 1.95. The Labute approximate surface area is 72.2 Å². The fourth-order valence-corrected chi connectivity index (χ4v) is 1.95. The van der Waals surface area contributed by atoms with E-state index >= 15 is 0 Å². The van der Waals surface area contributed by atoms with Gasteiger partial charge in [-0.1, -0.05) is 0 Å². The van der Waals surface area contributed by atoms with E-state index in [1.54, 1.807) is 6.26 Å². The predicted molar refractivity (Wildman–Crippen MR) is 46.0 cm³/mol. The molecule has 2 heteroatoms. The van der Waals surface area contributed by atoms with Crippen molar-refractivity contribution in [2.45, 2.75) is 38.2 Å². The summed E-state index contributed by atoms with van der Waals surface area (Å²) in [6.07, 6.45) is 3.62. The van der Waals surface area contributed by atoms with Crippen molar-refractivity contribution < 1.29 is 9.52 Å². The first-order chi connectivity index (χ1) is 5.67. The van der Waals surface area contributed by atoms with Crippen molar-refractivity contribution >= 4 is 0 Å². The van der Waals surface area contributed by atoms with Gasteiger partial charge in [-0.2, -0.15) is 0 Å². The molecule has 0 aromatic carbocycles. The molecule has 0 radical (unpaired) electrons. The topological polar surface area (TPSA) is 33.4 Å². The van der Waals surface area contributed by atoms with Crippen molar-refractivity contribution in [2.75, 3.05) is 0 Å². The Morgan fingerprint density at radius 3 is 2.58 bits per heavy atom. The molecule has 1 aliphatic rings. The molecule has 1 fully saturated rings. The third-order valence-corrected chi connectivity index (χ3v) is 2.98. The third kappa shape index (κ3) is 0.911. The van der Waals surface area contributed by atoms with Gasteiger partial charge >= 0.3 is 0 Å². The van der Waals surface area contributed by atoms with Gasteiger partial charge in [-0.25, -0.2) is 0 Å². The fraction of sp³-hybridized carbons (Fsp3) is 0.600. The maximum atomic E-state index is 9.60. The summed E-state index contributed by atoms with van der Waals surface area (Å²) in [5.41, 5.74) is 1.22. The number of aryl methyl sites for hydroxylation is 1. The highest BCUT2D eigenvalue weighted by atomic mass is 16.3. The number of aliphatic hydroxyl groups excluding tert-OH is 1. The molecule has 66 valence electrons. The van der Waals surface area contributed by atoms with Gasteiger partial charge in [0.25, 0.3) is 0 Å². The van der Waals surface area contributed by atoms with Crippen LogP contribution in [0.15, 0.2) is 16.7 Å². The summed E-state index contributed by atoms with van der Waals surface area (Å²) in [4.78, 5) is 0. The monoisotopic (exact) mass is 166 g/mol. The minimum Gasteiger partial charge on any atom is -0.469 e. The predicted octanol–water partition coefficient (Wildman–Crippen LogP) is 2.00. The first-order valence-electron chi connectivity index (χ1n) is 4.39. The lowest BCUT2D eigenvalue weighted by Crippen LogP contribution is -2.22. The molecule has 0 spiro atoms. The zero-order chi connectivity index (χ0) is 8.77. The van der Waals surface area contributed by atoms with Gasteiger partial charge in [-0.05, 0) is 32.8 Å². The van der Waals surface area contributed by atoms with Crippen LogP contribution in [0.3, 0.4) is 0 Å². The Hall–Kier alpha value is -0.760. The minimum atomic E-state index is -0.256. The molecule has 1 saturated carbocycles. The molecule has 2 nitrogen and oxygen atoms in total. The molecule has 1 unspecified atom stereocenters. The van der Waals surface area contributed by atoms with Gasteiger partial charge in [-0.15, -0.1) is 0 Å². The van der Waals surface area contributed by atoms with E-state index in [4.69, 9.17) is 4.42 Å². The molecule has 0 saturated heterocycles. The quantitative estimate of drug-likeness (QED) is 0.729. The Bertz CT molecular complexity index is 282. The maximum absolute atomic E-state index is 9.60. The van der Waals surface area contributed by atoms with Crippen LogP contribution < -0.4 is 0 Å². The Morgan fingerprint density at radius 1 is 1.58 bits per heavy atom. The second-order valence-corrected chi connectivity index (χ2v) is 3.72. The summed E-state index contributed by atoms with van der Waals surface area (Å²) >= 11 is 0. The normalized spacial score (nSPS) is 22.2. The molecule has 1 N–H and O–H groups in total. The van der Waals surface area contributed by atoms with Gasteiger partial charge in [-0.3, -0.25) is 0 Å².